The molecule has 0 amide bonds. The number of carbonyl (C=O) groups excluding carboxylic acids is 1. The highest BCUT2D eigenvalue weighted by Crippen LogP contribution is 2.39. The number of Topliss-reactive ketones (excluding diaryl/α,β-unsaturated/α-hetero) is 1. The van der Waals surface area contributed by atoms with Gasteiger partial charge in [0.05, 0.1) is 12.6 Å². The Hall–Kier alpha value is -2.40. The maximum atomic E-state index is 13.0. The van der Waals surface area contributed by atoms with Crippen LogP contribution in [0.25, 0.3) is 0 Å². The van der Waals surface area contributed by atoms with Gasteiger partial charge in [-0.05, 0) is 73.2 Å². The number of ketones is 1. The molecule has 4 rings (SSSR count). The topological polar surface area (TPSA) is 49.8 Å². The molecule has 3 atom stereocenters. The molecule has 26 heavy (non-hydrogen) atoms. The molecule has 0 aromatic heterocycles. The van der Waals surface area contributed by atoms with Crippen LogP contribution >= 0.6 is 0 Å². The number of phenols is 1. The molecule has 136 valence electrons. The van der Waals surface area contributed by atoms with E-state index in [4.69, 9.17) is 4.74 Å². The molecule has 1 N–H and O–H groups in total. The minimum atomic E-state index is -0.255. The van der Waals surface area contributed by atoms with E-state index < -0.39 is 0 Å². The molecular formula is C21H22FNO3. The van der Waals surface area contributed by atoms with E-state index in [2.05, 4.69) is 4.90 Å². The number of phenolic OH excluding ortho intramolecular Hbond substituents is 1. The van der Waals surface area contributed by atoms with Crippen molar-refractivity contribution in [3.8, 4) is 11.5 Å². The van der Waals surface area contributed by atoms with Crippen molar-refractivity contribution < 1.29 is 19.0 Å². The summed E-state index contributed by atoms with van der Waals surface area (Å²) in [6.45, 7) is 2.25. The van der Waals surface area contributed by atoms with Gasteiger partial charge in [-0.25, -0.2) is 4.39 Å². The molecule has 2 fully saturated rings. The fourth-order valence-electron chi connectivity index (χ4n) is 4.21. The van der Waals surface area contributed by atoms with Gasteiger partial charge in [0.1, 0.15) is 17.3 Å². The summed E-state index contributed by atoms with van der Waals surface area (Å²) in [5.41, 5.74) is 0.636. The molecule has 5 heteroatoms. The number of nitrogens with zero attached hydrogens (tertiary/aromatic N) is 1. The van der Waals surface area contributed by atoms with Crippen LogP contribution in [-0.2, 0) is 0 Å². The van der Waals surface area contributed by atoms with E-state index in [0.717, 1.165) is 31.7 Å². The Morgan fingerprint density at radius 3 is 2.27 bits per heavy atom. The van der Waals surface area contributed by atoms with Crippen LogP contribution in [0.15, 0.2) is 48.5 Å². The van der Waals surface area contributed by atoms with Crippen LogP contribution in [0.3, 0.4) is 0 Å². The fourth-order valence-corrected chi connectivity index (χ4v) is 4.21. The van der Waals surface area contributed by atoms with Gasteiger partial charge in [0.2, 0.25) is 0 Å². The van der Waals surface area contributed by atoms with Crippen LogP contribution in [0.2, 0.25) is 0 Å². The summed E-state index contributed by atoms with van der Waals surface area (Å²) in [4.78, 5) is 14.6. The number of hydrogen-bond donors (Lipinski definition) is 1. The second-order valence-electron chi connectivity index (χ2n) is 7.35. The fraction of sp³-hybridized carbons (Fsp3) is 0.381. The van der Waals surface area contributed by atoms with E-state index in [9.17, 15) is 14.3 Å². The largest absolute Gasteiger partial charge is 0.508 e. The molecule has 2 aromatic carbocycles. The molecule has 1 saturated carbocycles. The van der Waals surface area contributed by atoms with E-state index in [1.807, 2.05) is 0 Å². The lowest BCUT2D eigenvalue weighted by atomic mass is 10.0. The van der Waals surface area contributed by atoms with Crippen molar-refractivity contribution >= 4 is 5.78 Å². The van der Waals surface area contributed by atoms with E-state index >= 15 is 0 Å². The molecule has 2 aliphatic rings. The average molecular weight is 355 g/mol. The third kappa shape index (κ3) is 3.73. The van der Waals surface area contributed by atoms with Crippen LogP contribution in [0.5, 0.6) is 11.5 Å². The van der Waals surface area contributed by atoms with Gasteiger partial charge in [-0.15, -0.1) is 0 Å². The van der Waals surface area contributed by atoms with E-state index in [1.54, 1.807) is 36.4 Å². The van der Waals surface area contributed by atoms with Crippen LogP contribution in [-0.4, -0.2) is 41.5 Å². The zero-order valence-corrected chi connectivity index (χ0v) is 14.5. The summed E-state index contributed by atoms with van der Waals surface area (Å²) in [6, 6.07) is 12.6. The highest BCUT2D eigenvalue weighted by atomic mass is 19.1. The first-order chi connectivity index (χ1) is 12.6. The van der Waals surface area contributed by atoms with Crippen molar-refractivity contribution in [3.05, 3.63) is 59.9 Å². The maximum Gasteiger partial charge on any atom is 0.176 e. The van der Waals surface area contributed by atoms with Crippen molar-refractivity contribution in [3.63, 3.8) is 0 Å². The van der Waals surface area contributed by atoms with Crippen molar-refractivity contribution in [1.82, 2.24) is 4.90 Å². The summed E-state index contributed by atoms with van der Waals surface area (Å²) in [7, 11) is 0. The van der Waals surface area contributed by atoms with Gasteiger partial charge in [0.25, 0.3) is 0 Å². The number of benzene rings is 2. The number of likely N-dealkylation sites (tertiary alicyclic amines) is 1. The molecule has 0 spiro atoms. The van der Waals surface area contributed by atoms with Crippen molar-refractivity contribution in [2.24, 2.45) is 11.8 Å². The average Bonchev–Trinajstić information content (AvgIpc) is 3.15. The lowest BCUT2D eigenvalue weighted by Crippen LogP contribution is -2.30. The molecule has 1 heterocycles. The third-order valence-corrected chi connectivity index (χ3v) is 5.46. The van der Waals surface area contributed by atoms with E-state index in [-0.39, 0.29) is 23.5 Å². The van der Waals surface area contributed by atoms with Crippen molar-refractivity contribution in [1.29, 1.82) is 0 Å². The predicted molar refractivity (Wildman–Crippen MR) is 95.9 cm³/mol. The standard InChI is InChI=1S/C21H22FNO3/c22-17-3-7-19(8-4-17)26-20-9-15-11-23(12-16(15)10-20)13-21(25)14-1-5-18(24)6-2-14/h1-8,15-16,20,24H,9-13H2/t15-,16+,20-. The number of aromatic hydroxyl groups is 1. The lowest BCUT2D eigenvalue weighted by Gasteiger charge is -2.19. The molecule has 4 nitrogen and oxygen atoms in total. The summed E-state index contributed by atoms with van der Waals surface area (Å²) < 4.78 is 19.0. The minimum Gasteiger partial charge on any atom is -0.508 e. The Labute approximate surface area is 152 Å². The molecule has 2 aromatic rings. The zero-order chi connectivity index (χ0) is 18.1. The first-order valence-electron chi connectivity index (χ1n) is 9.03. The number of carbonyl (C=O) groups is 1. The molecule has 0 bridgehead atoms. The van der Waals surface area contributed by atoms with Gasteiger partial charge < -0.3 is 9.84 Å². The molecule has 0 radical (unpaired) electrons. The Bertz CT molecular complexity index is 761. The SMILES string of the molecule is O=C(CN1C[C@H]2C[C@@H](Oc3ccc(F)cc3)C[C@H]2C1)c1ccc(O)cc1. The second-order valence-corrected chi connectivity index (χ2v) is 7.35. The van der Waals surface area contributed by atoms with Gasteiger partial charge in [-0.3, -0.25) is 9.69 Å². The number of halogens is 1. The minimum absolute atomic E-state index is 0.0871. The van der Waals surface area contributed by atoms with Gasteiger partial charge in [-0.1, -0.05) is 0 Å². The van der Waals surface area contributed by atoms with E-state index in [1.165, 1.54) is 12.1 Å². The molecule has 0 unspecified atom stereocenters. The Balaban J connectivity index is 1.28. The summed E-state index contributed by atoms with van der Waals surface area (Å²) in [6.07, 6.45) is 2.13. The molecule has 1 aliphatic carbocycles. The Kier molecular flexibility index (Phi) is 4.64. The first kappa shape index (κ1) is 17.0. The first-order valence-corrected chi connectivity index (χ1v) is 9.03. The van der Waals surface area contributed by atoms with Crippen molar-refractivity contribution in [2.75, 3.05) is 19.6 Å². The molecule has 1 aliphatic heterocycles. The van der Waals surface area contributed by atoms with Crippen LogP contribution < -0.4 is 4.74 Å². The number of ether oxygens (including phenoxy) is 1. The third-order valence-electron chi connectivity index (χ3n) is 5.46. The Morgan fingerprint density at radius 2 is 1.65 bits per heavy atom. The number of hydrogen-bond acceptors (Lipinski definition) is 4. The smallest absolute Gasteiger partial charge is 0.176 e. The zero-order valence-electron chi connectivity index (χ0n) is 14.5. The van der Waals surface area contributed by atoms with Gasteiger partial charge in [-0.2, -0.15) is 0 Å². The number of rotatable bonds is 5. The molecule has 1 saturated heterocycles. The monoisotopic (exact) mass is 355 g/mol. The highest BCUT2D eigenvalue weighted by Gasteiger charge is 2.42. The lowest BCUT2D eigenvalue weighted by molar-refractivity contribution is 0.0936. The van der Waals surface area contributed by atoms with Crippen LogP contribution in [0.4, 0.5) is 4.39 Å². The highest BCUT2D eigenvalue weighted by molar-refractivity contribution is 5.97. The summed E-state index contributed by atoms with van der Waals surface area (Å²) in [5, 5.41) is 9.32. The number of fused-ring (bicyclic) bond motifs is 1. The van der Waals surface area contributed by atoms with E-state index in [0.29, 0.717) is 23.9 Å². The summed E-state index contributed by atoms with van der Waals surface area (Å²) in [5.74, 6) is 1.82. The second kappa shape index (κ2) is 7.08. The normalized spacial score (nSPS) is 25.2. The van der Waals surface area contributed by atoms with Crippen LogP contribution in [0, 0.1) is 17.7 Å². The van der Waals surface area contributed by atoms with Crippen molar-refractivity contribution in [2.45, 2.75) is 18.9 Å². The van der Waals surface area contributed by atoms with Gasteiger partial charge in [0.15, 0.2) is 5.78 Å². The summed E-state index contributed by atoms with van der Waals surface area (Å²) >= 11 is 0. The maximum absolute atomic E-state index is 13.0. The molecular weight excluding hydrogens is 333 g/mol. The van der Waals surface area contributed by atoms with Gasteiger partial charge in [0, 0.05) is 18.7 Å². The Morgan fingerprint density at radius 1 is 1.04 bits per heavy atom. The van der Waals surface area contributed by atoms with Crippen LogP contribution in [0.1, 0.15) is 23.2 Å². The quantitative estimate of drug-likeness (QED) is 0.834. The van der Waals surface area contributed by atoms with Gasteiger partial charge >= 0.3 is 0 Å². The predicted octanol–water partition coefficient (Wildman–Crippen LogP) is 3.50.